The highest BCUT2D eigenvalue weighted by molar-refractivity contribution is 5.78. The maximum atomic E-state index is 11.8. The van der Waals surface area contributed by atoms with Crippen LogP contribution in [-0.4, -0.2) is 31.6 Å². The largest absolute Gasteiger partial charge is 0.333 e. The van der Waals surface area contributed by atoms with Crippen LogP contribution in [0.2, 0.25) is 0 Å². The van der Waals surface area contributed by atoms with Crippen molar-refractivity contribution in [2.24, 2.45) is 0 Å². The van der Waals surface area contributed by atoms with Crippen LogP contribution in [0.15, 0.2) is 0 Å². The average molecular weight is 326 g/mol. The Bertz CT molecular complexity index is 303. The van der Waals surface area contributed by atoms with E-state index in [1.807, 2.05) is 0 Å². The molecule has 0 aromatic carbocycles. The van der Waals surface area contributed by atoms with E-state index in [1.54, 1.807) is 7.11 Å². The van der Waals surface area contributed by atoms with Crippen molar-refractivity contribution in [2.45, 2.75) is 109 Å². The summed E-state index contributed by atoms with van der Waals surface area (Å²) in [5, 5.41) is 0. The molecule has 0 bridgehead atoms. The van der Waals surface area contributed by atoms with Crippen molar-refractivity contribution in [3.8, 4) is 0 Å². The quantitative estimate of drug-likeness (QED) is 0.698. The first-order chi connectivity index (χ1) is 11.3. The lowest BCUT2D eigenvalue weighted by Gasteiger charge is -2.16. The van der Waals surface area contributed by atoms with Gasteiger partial charge in [-0.05, 0) is 25.7 Å². The van der Waals surface area contributed by atoms with Gasteiger partial charge in [0.2, 0.25) is 0 Å². The minimum absolute atomic E-state index is 0.192. The third-order valence-corrected chi connectivity index (χ3v) is 5.07. The highest BCUT2D eigenvalue weighted by Crippen LogP contribution is 2.28. The minimum atomic E-state index is -0.471. The lowest BCUT2D eigenvalue weighted by atomic mass is 10.00. The molecule has 23 heavy (non-hydrogen) atoms. The van der Waals surface area contributed by atoms with Gasteiger partial charge in [0.1, 0.15) is 5.78 Å². The number of ether oxygens (including phenoxy) is 3. The monoisotopic (exact) mass is 326 g/mol. The molecule has 0 radical (unpaired) electrons. The number of ketones is 1. The van der Waals surface area contributed by atoms with Gasteiger partial charge in [0.05, 0.1) is 12.2 Å². The highest BCUT2D eigenvalue weighted by atomic mass is 16.9. The fraction of sp³-hybridized carbons (Fsp3) is 0.947. The Morgan fingerprint density at radius 3 is 1.65 bits per heavy atom. The lowest BCUT2D eigenvalue weighted by Crippen LogP contribution is -2.22. The van der Waals surface area contributed by atoms with Crippen LogP contribution in [0.1, 0.15) is 89.9 Å². The molecular weight excluding hydrogens is 292 g/mol. The number of hydrogen-bond donors (Lipinski definition) is 0. The minimum Gasteiger partial charge on any atom is -0.333 e. The smallest absolute Gasteiger partial charge is 0.272 e. The van der Waals surface area contributed by atoms with Gasteiger partial charge in [-0.25, -0.2) is 0 Å². The number of methoxy groups -OCH3 is 1. The Kier molecular flexibility index (Phi) is 9.17. The summed E-state index contributed by atoms with van der Waals surface area (Å²) in [6.45, 7) is -0.471. The van der Waals surface area contributed by atoms with Gasteiger partial charge >= 0.3 is 0 Å². The normalized spacial score (nSPS) is 33.1. The maximum Gasteiger partial charge on any atom is 0.272 e. The van der Waals surface area contributed by atoms with Crippen molar-refractivity contribution in [3.05, 3.63) is 0 Å². The van der Waals surface area contributed by atoms with Crippen molar-refractivity contribution >= 4 is 5.78 Å². The van der Waals surface area contributed by atoms with Crippen LogP contribution < -0.4 is 0 Å². The second kappa shape index (κ2) is 11.2. The predicted octanol–water partition coefficient (Wildman–Crippen LogP) is 4.74. The molecule has 0 spiro atoms. The molecule has 4 heteroatoms. The van der Waals surface area contributed by atoms with E-state index >= 15 is 0 Å². The van der Waals surface area contributed by atoms with Crippen molar-refractivity contribution in [2.75, 3.05) is 7.11 Å². The van der Waals surface area contributed by atoms with Crippen LogP contribution in [0.5, 0.6) is 0 Å². The first kappa shape index (κ1) is 18.9. The molecular formula is C19H34O4. The second-order valence-corrected chi connectivity index (χ2v) is 7.03. The molecule has 0 N–H and O–H groups in total. The van der Waals surface area contributed by atoms with Crippen LogP contribution in [0.25, 0.3) is 0 Å². The Morgan fingerprint density at radius 1 is 0.739 bits per heavy atom. The van der Waals surface area contributed by atoms with Gasteiger partial charge in [0.15, 0.2) is 0 Å². The average Bonchev–Trinajstić information content (AvgIpc) is 2.94. The van der Waals surface area contributed by atoms with E-state index in [0.29, 0.717) is 5.78 Å². The Hall–Kier alpha value is -0.450. The SMILES string of the molecule is COC1OC2CCCCCCCC(=O)CCCCCCCC2O1. The molecule has 1 saturated heterocycles. The molecule has 2 atom stereocenters. The first-order valence-corrected chi connectivity index (χ1v) is 9.65. The standard InChI is InChI=1S/C19H34O4/c1-21-19-22-17-14-10-6-2-4-8-12-16(20)13-9-5-3-7-11-15-18(17)23-19/h17-19H,2-15H2,1H3. The second-order valence-electron chi connectivity index (χ2n) is 7.03. The molecule has 4 nitrogen and oxygen atoms in total. The number of fused-ring (bicyclic) bond motifs is 1. The number of Topliss-reactive ketones (excluding diaryl/α,β-unsaturated/α-hetero) is 1. The number of hydrogen-bond acceptors (Lipinski definition) is 4. The zero-order valence-corrected chi connectivity index (χ0v) is 14.8. The fourth-order valence-electron chi connectivity index (χ4n) is 3.63. The molecule has 2 fully saturated rings. The molecule has 1 saturated carbocycles. The predicted molar refractivity (Wildman–Crippen MR) is 90.2 cm³/mol. The van der Waals surface area contributed by atoms with E-state index in [-0.39, 0.29) is 12.2 Å². The summed E-state index contributed by atoms with van der Waals surface area (Å²) < 4.78 is 16.9. The van der Waals surface area contributed by atoms with E-state index in [1.165, 1.54) is 51.4 Å². The van der Waals surface area contributed by atoms with Gasteiger partial charge in [-0.3, -0.25) is 4.79 Å². The summed E-state index contributed by atoms with van der Waals surface area (Å²) >= 11 is 0. The summed E-state index contributed by atoms with van der Waals surface area (Å²) in [6, 6.07) is 0. The molecule has 134 valence electrons. The van der Waals surface area contributed by atoms with E-state index in [9.17, 15) is 4.79 Å². The number of rotatable bonds is 1. The van der Waals surface area contributed by atoms with Gasteiger partial charge in [-0.1, -0.05) is 51.4 Å². The van der Waals surface area contributed by atoms with E-state index < -0.39 is 6.48 Å². The molecule has 0 aromatic rings. The first-order valence-electron chi connectivity index (χ1n) is 9.65. The van der Waals surface area contributed by atoms with Crippen LogP contribution in [-0.2, 0) is 19.0 Å². The summed E-state index contributed by atoms with van der Waals surface area (Å²) in [6.07, 6.45) is 15.8. The summed E-state index contributed by atoms with van der Waals surface area (Å²) in [5.74, 6) is 0.469. The Balaban J connectivity index is 1.77. The number of carbonyl (C=O) groups is 1. The molecule has 1 aliphatic heterocycles. The molecule has 0 amide bonds. The van der Waals surface area contributed by atoms with Gasteiger partial charge < -0.3 is 14.2 Å². The fourth-order valence-corrected chi connectivity index (χ4v) is 3.63. The number of carbonyl (C=O) groups excluding carboxylic acids is 1. The van der Waals surface area contributed by atoms with Crippen molar-refractivity contribution in [1.29, 1.82) is 0 Å². The van der Waals surface area contributed by atoms with Gasteiger partial charge in [-0.2, -0.15) is 0 Å². The van der Waals surface area contributed by atoms with E-state index in [4.69, 9.17) is 14.2 Å². The summed E-state index contributed by atoms with van der Waals surface area (Å²) in [5.41, 5.74) is 0. The van der Waals surface area contributed by atoms with Crippen LogP contribution >= 0.6 is 0 Å². The molecule has 0 aromatic heterocycles. The lowest BCUT2D eigenvalue weighted by molar-refractivity contribution is -0.229. The third kappa shape index (κ3) is 7.32. The van der Waals surface area contributed by atoms with Gasteiger partial charge in [0.25, 0.3) is 6.48 Å². The Morgan fingerprint density at radius 2 is 1.17 bits per heavy atom. The topological polar surface area (TPSA) is 44.8 Å². The van der Waals surface area contributed by atoms with Crippen molar-refractivity contribution in [3.63, 3.8) is 0 Å². The molecule has 2 rings (SSSR count). The van der Waals surface area contributed by atoms with Gasteiger partial charge in [-0.15, -0.1) is 0 Å². The maximum absolute atomic E-state index is 11.8. The highest BCUT2D eigenvalue weighted by Gasteiger charge is 2.35. The summed E-state index contributed by atoms with van der Waals surface area (Å²) in [4.78, 5) is 11.8. The van der Waals surface area contributed by atoms with Crippen molar-refractivity contribution in [1.82, 2.24) is 0 Å². The van der Waals surface area contributed by atoms with Crippen molar-refractivity contribution < 1.29 is 19.0 Å². The molecule has 2 unspecified atom stereocenters. The van der Waals surface area contributed by atoms with Gasteiger partial charge in [0, 0.05) is 20.0 Å². The molecule has 1 heterocycles. The summed E-state index contributed by atoms with van der Waals surface area (Å²) in [7, 11) is 1.64. The molecule has 2 aliphatic rings. The van der Waals surface area contributed by atoms with Crippen LogP contribution in [0.3, 0.4) is 0 Å². The van der Waals surface area contributed by atoms with E-state index in [0.717, 1.165) is 38.5 Å². The van der Waals surface area contributed by atoms with Crippen LogP contribution in [0.4, 0.5) is 0 Å². The zero-order valence-electron chi connectivity index (χ0n) is 14.8. The third-order valence-electron chi connectivity index (χ3n) is 5.07. The zero-order chi connectivity index (χ0) is 16.3. The van der Waals surface area contributed by atoms with E-state index in [2.05, 4.69) is 0 Å². The molecule has 1 aliphatic carbocycles. The Labute approximate surface area is 141 Å². The van der Waals surface area contributed by atoms with Crippen LogP contribution in [0, 0.1) is 0 Å².